The highest BCUT2D eigenvalue weighted by Crippen LogP contribution is 2.19. The molecule has 118 valence electrons. The van der Waals surface area contributed by atoms with Crippen LogP contribution >= 0.6 is 0 Å². The molecule has 0 aliphatic carbocycles. The molecule has 2 saturated heterocycles. The largest absolute Gasteiger partial charge is 0.354 e. The van der Waals surface area contributed by atoms with Crippen molar-refractivity contribution in [1.29, 1.82) is 0 Å². The van der Waals surface area contributed by atoms with Crippen molar-refractivity contribution in [3.63, 3.8) is 0 Å². The molecule has 0 radical (unpaired) electrons. The van der Waals surface area contributed by atoms with Crippen LogP contribution in [0.5, 0.6) is 0 Å². The van der Waals surface area contributed by atoms with Crippen LogP contribution in [0.15, 0.2) is 0 Å². The molecule has 6 nitrogen and oxygen atoms in total. The third-order valence-electron chi connectivity index (χ3n) is 4.19. The number of hydrogen-bond donors (Lipinski definition) is 2. The number of rotatable bonds is 4. The lowest BCUT2D eigenvalue weighted by Gasteiger charge is -2.36. The second-order valence-corrected chi connectivity index (χ2v) is 5.84. The van der Waals surface area contributed by atoms with E-state index in [2.05, 4.69) is 10.6 Å². The van der Waals surface area contributed by atoms with Crippen LogP contribution in [0.4, 0.5) is 0 Å². The van der Waals surface area contributed by atoms with Crippen molar-refractivity contribution >= 4 is 17.7 Å². The van der Waals surface area contributed by atoms with Crippen molar-refractivity contribution in [2.75, 3.05) is 13.1 Å². The molecule has 2 unspecified atom stereocenters. The number of nitrogens with one attached hydrogen (secondary N) is 2. The fraction of sp³-hybridized carbons (Fsp3) is 0.800. The van der Waals surface area contributed by atoms with Crippen LogP contribution in [0, 0.1) is 0 Å². The standard InChI is InChI=1S/C15H25N3O3/c1-2-6-13(19)18-10-4-3-8-12(18)15(21)17-11-7-5-9-16-14(11)20/h11-12H,2-10H2,1H3,(H,16,20)(H,17,21). The van der Waals surface area contributed by atoms with Crippen molar-refractivity contribution in [3.05, 3.63) is 0 Å². The average molecular weight is 295 g/mol. The normalized spacial score (nSPS) is 26.1. The van der Waals surface area contributed by atoms with Crippen LogP contribution in [0.3, 0.4) is 0 Å². The Hall–Kier alpha value is -1.59. The predicted molar refractivity (Wildman–Crippen MR) is 78.4 cm³/mol. The molecular weight excluding hydrogens is 270 g/mol. The number of piperidine rings is 2. The van der Waals surface area contributed by atoms with Gasteiger partial charge in [-0.3, -0.25) is 14.4 Å². The summed E-state index contributed by atoms with van der Waals surface area (Å²) in [5.41, 5.74) is 0. The zero-order valence-electron chi connectivity index (χ0n) is 12.7. The van der Waals surface area contributed by atoms with Crippen molar-refractivity contribution in [3.8, 4) is 0 Å². The summed E-state index contributed by atoms with van der Waals surface area (Å²) in [6.07, 6.45) is 5.40. The molecule has 2 N–H and O–H groups in total. The first-order valence-corrected chi connectivity index (χ1v) is 8.01. The summed E-state index contributed by atoms with van der Waals surface area (Å²) in [5.74, 6) is -0.247. The molecule has 2 heterocycles. The fourth-order valence-electron chi connectivity index (χ4n) is 3.04. The van der Waals surface area contributed by atoms with Crippen LogP contribution in [0.1, 0.15) is 51.9 Å². The SMILES string of the molecule is CCCC(=O)N1CCCCC1C(=O)NC1CCCNC1=O. The Bertz CT molecular complexity index is 411. The van der Waals surface area contributed by atoms with Gasteiger partial charge in [0.25, 0.3) is 0 Å². The van der Waals surface area contributed by atoms with Gasteiger partial charge in [-0.25, -0.2) is 0 Å². The number of likely N-dealkylation sites (tertiary alicyclic amines) is 1. The van der Waals surface area contributed by atoms with Gasteiger partial charge in [0.15, 0.2) is 0 Å². The van der Waals surface area contributed by atoms with E-state index in [1.807, 2.05) is 6.92 Å². The number of nitrogens with zero attached hydrogens (tertiary/aromatic N) is 1. The summed E-state index contributed by atoms with van der Waals surface area (Å²) in [7, 11) is 0. The highest BCUT2D eigenvalue weighted by molar-refractivity contribution is 5.92. The molecular formula is C15H25N3O3. The van der Waals surface area contributed by atoms with Gasteiger partial charge in [-0.15, -0.1) is 0 Å². The second-order valence-electron chi connectivity index (χ2n) is 5.84. The lowest BCUT2D eigenvalue weighted by atomic mass is 9.99. The zero-order valence-corrected chi connectivity index (χ0v) is 12.7. The van der Waals surface area contributed by atoms with Crippen LogP contribution in [-0.2, 0) is 14.4 Å². The molecule has 0 saturated carbocycles. The van der Waals surface area contributed by atoms with Crippen LogP contribution in [0.25, 0.3) is 0 Å². The van der Waals surface area contributed by atoms with E-state index in [1.54, 1.807) is 4.90 Å². The van der Waals surface area contributed by atoms with Crippen LogP contribution in [-0.4, -0.2) is 47.8 Å². The first-order chi connectivity index (χ1) is 10.1. The summed E-state index contributed by atoms with van der Waals surface area (Å²) >= 11 is 0. The quantitative estimate of drug-likeness (QED) is 0.795. The summed E-state index contributed by atoms with van der Waals surface area (Å²) in [4.78, 5) is 38.0. The van der Waals surface area contributed by atoms with Crippen molar-refractivity contribution < 1.29 is 14.4 Å². The molecule has 2 aliphatic rings. The van der Waals surface area contributed by atoms with Crippen molar-refractivity contribution in [2.24, 2.45) is 0 Å². The number of carbonyl (C=O) groups excluding carboxylic acids is 3. The average Bonchev–Trinajstić information content (AvgIpc) is 2.50. The van der Waals surface area contributed by atoms with Gasteiger partial charge in [0.2, 0.25) is 17.7 Å². The summed E-state index contributed by atoms with van der Waals surface area (Å²) in [6, 6.07) is -0.858. The first-order valence-electron chi connectivity index (χ1n) is 8.01. The topological polar surface area (TPSA) is 78.5 Å². The molecule has 6 heteroatoms. The smallest absolute Gasteiger partial charge is 0.243 e. The zero-order chi connectivity index (χ0) is 15.2. The summed E-state index contributed by atoms with van der Waals surface area (Å²) in [5, 5.41) is 5.58. The Morgan fingerprint density at radius 1 is 1.29 bits per heavy atom. The summed E-state index contributed by atoms with van der Waals surface area (Å²) < 4.78 is 0. The number of carbonyl (C=O) groups is 3. The van der Waals surface area contributed by atoms with E-state index in [0.29, 0.717) is 32.4 Å². The Morgan fingerprint density at radius 2 is 2.10 bits per heavy atom. The third kappa shape index (κ3) is 3.95. The molecule has 0 aromatic carbocycles. The molecule has 0 bridgehead atoms. The molecule has 2 aliphatic heterocycles. The Kier molecular flexibility index (Phi) is 5.59. The maximum Gasteiger partial charge on any atom is 0.243 e. The predicted octanol–water partition coefficient (Wildman–Crippen LogP) is 0.562. The monoisotopic (exact) mass is 295 g/mol. The molecule has 3 amide bonds. The van der Waals surface area contributed by atoms with Crippen molar-refractivity contribution in [1.82, 2.24) is 15.5 Å². The Morgan fingerprint density at radius 3 is 2.81 bits per heavy atom. The van der Waals surface area contributed by atoms with Gasteiger partial charge in [0.05, 0.1) is 0 Å². The highest BCUT2D eigenvalue weighted by Gasteiger charge is 2.34. The second kappa shape index (κ2) is 7.43. The lowest BCUT2D eigenvalue weighted by molar-refractivity contribution is -0.143. The minimum absolute atomic E-state index is 0.0467. The van der Waals surface area contributed by atoms with E-state index in [1.165, 1.54) is 0 Å². The molecule has 0 aromatic heterocycles. The molecule has 0 spiro atoms. The highest BCUT2D eigenvalue weighted by atomic mass is 16.2. The van der Waals surface area contributed by atoms with Crippen LogP contribution in [0.2, 0.25) is 0 Å². The van der Waals surface area contributed by atoms with Gasteiger partial charge in [-0.05, 0) is 38.5 Å². The van der Waals surface area contributed by atoms with Crippen molar-refractivity contribution in [2.45, 2.75) is 64.0 Å². The van der Waals surface area contributed by atoms with Gasteiger partial charge in [0, 0.05) is 19.5 Å². The minimum Gasteiger partial charge on any atom is -0.354 e. The molecule has 2 atom stereocenters. The van der Waals surface area contributed by atoms with Gasteiger partial charge < -0.3 is 15.5 Å². The van der Waals surface area contributed by atoms with Gasteiger partial charge >= 0.3 is 0 Å². The molecule has 2 rings (SSSR count). The molecule has 21 heavy (non-hydrogen) atoms. The Labute approximate surface area is 125 Å². The van der Waals surface area contributed by atoms with E-state index >= 15 is 0 Å². The fourth-order valence-corrected chi connectivity index (χ4v) is 3.04. The van der Waals surface area contributed by atoms with E-state index in [9.17, 15) is 14.4 Å². The third-order valence-corrected chi connectivity index (χ3v) is 4.19. The van der Waals surface area contributed by atoms with Crippen LogP contribution < -0.4 is 10.6 Å². The first kappa shape index (κ1) is 15.8. The maximum atomic E-state index is 12.4. The number of amides is 3. The minimum atomic E-state index is -0.448. The molecule has 2 fully saturated rings. The van der Waals surface area contributed by atoms with E-state index in [0.717, 1.165) is 25.7 Å². The van der Waals surface area contributed by atoms with Gasteiger partial charge in [-0.1, -0.05) is 6.92 Å². The van der Waals surface area contributed by atoms with Gasteiger partial charge in [-0.2, -0.15) is 0 Å². The maximum absolute atomic E-state index is 12.4. The Balaban J connectivity index is 1.97. The summed E-state index contributed by atoms with van der Waals surface area (Å²) in [6.45, 7) is 3.28. The van der Waals surface area contributed by atoms with Gasteiger partial charge in [0.1, 0.15) is 12.1 Å². The van der Waals surface area contributed by atoms with E-state index in [-0.39, 0.29) is 17.7 Å². The number of hydrogen-bond acceptors (Lipinski definition) is 3. The van der Waals surface area contributed by atoms with E-state index < -0.39 is 12.1 Å². The molecule has 0 aromatic rings. The lowest BCUT2D eigenvalue weighted by Crippen LogP contribution is -2.57. The van der Waals surface area contributed by atoms with E-state index in [4.69, 9.17) is 0 Å².